The minimum Gasteiger partial charge on any atom is -0.484 e. The molecule has 0 saturated heterocycles. The van der Waals surface area contributed by atoms with Gasteiger partial charge in [0, 0.05) is 12.1 Å². The van der Waals surface area contributed by atoms with Crippen molar-refractivity contribution in [1.29, 1.82) is 0 Å². The summed E-state index contributed by atoms with van der Waals surface area (Å²) in [6.07, 6.45) is 4.69. The zero-order valence-corrected chi connectivity index (χ0v) is 14.3. The van der Waals surface area contributed by atoms with Gasteiger partial charge in [0.05, 0.1) is 12.4 Å². The predicted molar refractivity (Wildman–Crippen MR) is 94.1 cm³/mol. The number of hydrogen-bond donors (Lipinski definition) is 3. The molecule has 8 heteroatoms. The Bertz CT molecular complexity index is 773. The monoisotopic (exact) mass is 356 g/mol. The van der Waals surface area contributed by atoms with E-state index in [4.69, 9.17) is 9.84 Å². The fraction of sp³-hybridized carbons (Fsp3) is 0.333. The van der Waals surface area contributed by atoms with E-state index < -0.39 is 5.97 Å². The Balaban J connectivity index is 1.51. The highest BCUT2D eigenvalue weighted by Gasteiger charge is 2.23. The number of carbonyl (C=O) groups excluding carboxylic acids is 1. The topological polar surface area (TPSA) is 113 Å². The average molecular weight is 356 g/mol. The molecule has 0 aliphatic heterocycles. The van der Waals surface area contributed by atoms with Gasteiger partial charge in [0.2, 0.25) is 0 Å². The van der Waals surface area contributed by atoms with Gasteiger partial charge in [0.15, 0.2) is 12.3 Å². The summed E-state index contributed by atoms with van der Waals surface area (Å²) in [5.41, 5.74) is 0.888. The number of carboxylic acids is 1. The highest BCUT2D eigenvalue weighted by molar-refractivity contribution is 5.84. The van der Waals surface area contributed by atoms with Gasteiger partial charge in [-0.25, -0.2) is 14.8 Å². The van der Waals surface area contributed by atoms with E-state index in [1.165, 1.54) is 12.4 Å². The van der Waals surface area contributed by atoms with E-state index in [-0.39, 0.29) is 24.2 Å². The maximum Gasteiger partial charge on any atom is 0.356 e. The lowest BCUT2D eigenvalue weighted by Gasteiger charge is -2.15. The van der Waals surface area contributed by atoms with Crippen molar-refractivity contribution in [1.82, 2.24) is 15.3 Å². The van der Waals surface area contributed by atoms with Crippen LogP contribution in [0.4, 0.5) is 5.82 Å². The molecule has 1 aliphatic carbocycles. The average Bonchev–Trinajstić information content (AvgIpc) is 3.45. The first-order valence-electron chi connectivity index (χ1n) is 8.35. The molecular weight excluding hydrogens is 336 g/mol. The SMILES string of the molecule is CC(Nc1cnc(C(=O)O)cn1)c1ccc(OCC(=O)NC2CC2)cc1. The molecule has 3 N–H and O–H groups in total. The minimum atomic E-state index is -1.11. The molecule has 0 radical (unpaired) electrons. The summed E-state index contributed by atoms with van der Waals surface area (Å²) in [5, 5.41) is 14.8. The lowest BCUT2D eigenvalue weighted by molar-refractivity contribution is -0.123. The Morgan fingerprint density at radius 1 is 1.23 bits per heavy atom. The fourth-order valence-corrected chi connectivity index (χ4v) is 2.32. The van der Waals surface area contributed by atoms with Crippen LogP contribution in [0.15, 0.2) is 36.7 Å². The molecule has 0 spiro atoms. The first-order chi connectivity index (χ1) is 12.5. The molecule has 1 aliphatic rings. The quantitative estimate of drug-likeness (QED) is 0.663. The lowest BCUT2D eigenvalue weighted by atomic mass is 10.1. The zero-order chi connectivity index (χ0) is 18.5. The smallest absolute Gasteiger partial charge is 0.356 e. The number of nitrogens with one attached hydrogen (secondary N) is 2. The molecule has 1 aromatic heterocycles. The van der Waals surface area contributed by atoms with Crippen LogP contribution in [-0.4, -0.2) is 39.6 Å². The van der Waals surface area contributed by atoms with Gasteiger partial charge in [0.25, 0.3) is 5.91 Å². The first-order valence-corrected chi connectivity index (χ1v) is 8.35. The molecule has 136 valence electrons. The summed E-state index contributed by atoms with van der Waals surface area (Å²) in [6.45, 7) is 1.96. The number of aromatic carboxylic acids is 1. The number of amides is 1. The van der Waals surface area contributed by atoms with E-state index in [1.807, 2.05) is 19.1 Å². The predicted octanol–water partition coefficient (Wildman–Crippen LogP) is 2.01. The molecule has 1 amide bonds. The number of ether oxygens (including phenoxy) is 1. The molecule has 1 aromatic carbocycles. The summed E-state index contributed by atoms with van der Waals surface area (Å²) >= 11 is 0. The Morgan fingerprint density at radius 3 is 2.54 bits per heavy atom. The second-order valence-electron chi connectivity index (χ2n) is 6.16. The van der Waals surface area contributed by atoms with Crippen LogP contribution in [0, 0.1) is 0 Å². The van der Waals surface area contributed by atoms with E-state index in [0.717, 1.165) is 18.4 Å². The van der Waals surface area contributed by atoms with Crippen molar-refractivity contribution in [3.63, 3.8) is 0 Å². The second-order valence-corrected chi connectivity index (χ2v) is 6.16. The number of carbonyl (C=O) groups is 2. The zero-order valence-electron chi connectivity index (χ0n) is 14.3. The van der Waals surface area contributed by atoms with Gasteiger partial charge in [-0.1, -0.05) is 12.1 Å². The van der Waals surface area contributed by atoms with Gasteiger partial charge in [-0.05, 0) is 37.5 Å². The molecular formula is C18H20N4O4. The van der Waals surface area contributed by atoms with E-state index >= 15 is 0 Å². The number of nitrogens with zero attached hydrogens (tertiary/aromatic N) is 2. The fourth-order valence-electron chi connectivity index (χ4n) is 2.32. The van der Waals surface area contributed by atoms with E-state index in [9.17, 15) is 9.59 Å². The van der Waals surface area contributed by atoms with E-state index in [2.05, 4.69) is 20.6 Å². The largest absolute Gasteiger partial charge is 0.484 e. The molecule has 1 saturated carbocycles. The summed E-state index contributed by atoms with van der Waals surface area (Å²) in [7, 11) is 0. The van der Waals surface area contributed by atoms with Crippen molar-refractivity contribution in [3.05, 3.63) is 47.9 Å². The van der Waals surface area contributed by atoms with Crippen molar-refractivity contribution in [2.75, 3.05) is 11.9 Å². The number of rotatable bonds is 8. The molecule has 1 unspecified atom stereocenters. The van der Waals surface area contributed by atoms with Gasteiger partial charge >= 0.3 is 5.97 Å². The van der Waals surface area contributed by atoms with Crippen LogP contribution in [0.3, 0.4) is 0 Å². The van der Waals surface area contributed by atoms with Gasteiger partial charge in [-0.15, -0.1) is 0 Å². The molecule has 2 aromatic rings. The van der Waals surface area contributed by atoms with Crippen molar-refractivity contribution < 1.29 is 19.4 Å². The van der Waals surface area contributed by atoms with Crippen LogP contribution in [0.2, 0.25) is 0 Å². The molecule has 3 rings (SSSR count). The number of benzene rings is 1. The molecule has 26 heavy (non-hydrogen) atoms. The number of carboxylic acid groups (broad SMARTS) is 1. The maximum absolute atomic E-state index is 11.6. The van der Waals surface area contributed by atoms with Gasteiger partial charge < -0.3 is 20.5 Å². The Kier molecular flexibility index (Phi) is 5.31. The van der Waals surface area contributed by atoms with Crippen molar-refractivity contribution in [2.24, 2.45) is 0 Å². The molecule has 8 nitrogen and oxygen atoms in total. The van der Waals surface area contributed by atoms with Crippen LogP contribution in [0.5, 0.6) is 5.75 Å². The molecule has 1 fully saturated rings. The van der Waals surface area contributed by atoms with Crippen molar-refractivity contribution in [3.8, 4) is 5.75 Å². The van der Waals surface area contributed by atoms with Gasteiger partial charge in [-0.3, -0.25) is 4.79 Å². The van der Waals surface area contributed by atoms with E-state index in [1.54, 1.807) is 12.1 Å². The second kappa shape index (κ2) is 7.81. The summed E-state index contributed by atoms with van der Waals surface area (Å²) < 4.78 is 5.47. The summed E-state index contributed by atoms with van der Waals surface area (Å²) in [4.78, 5) is 30.3. The first kappa shape index (κ1) is 17.7. The third-order valence-corrected chi connectivity index (χ3v) is 3.93. The van der Waals surface area contributed by atoms with Crippen molar-refractivity contribution >= 4 is 17.7 Å². The van der Waals surface area contributed by atoms with Crippen LogP contribution in [0.1, 0.15) is 41.9 Å². The van der Waals surface area contributed by atoms with Crippen LogP contribution < -0.4 is 15.4 Å². The molecule has 0 bridgehead atoms. The van der Waals surface area contributed by atoms with Crippen LogP contribution in [-0.2, 0) is 4.79 Å². The maximum atomic E-state index is 11.6. The third-order valence-electron chi connectivity index (χ3n) is 3.93. The Morgan fingerprint density at radius 2 is 1.96 bits per heavy atom. The summed E-state index contributed by atoms with van der Waals surface area (Å²) in [6, 6.07) is 7.66. The highest BCUT2D eigenvalue weighted by atomic mass is 16.5. The van der Waals surface area contributed by atoms with Crippen LogP contribution >= 0.6 is 0 Å². The van der Waals surface area contributed by atoms with Crippen molar-refractivity contribution in [2.45, 2.75) is 31.8 Å². The summed E-state index contributed by atoms with van der Waals surface area (Å²) in [5.74, 6) is -0.106. The normalized spacial score (nSPS) is 14.3. The molecule has 1 heterocycles. The van der Waals surface area contributed by atoms with Crippen LogP contribution in [0.25, 0.3) is 0 Å². The van der Waals surface area contributed by atoms with E-state index in [0.29, 0.717) is 17.6 Å². The third kappa shape index (κ3) is 4.92. The standard InChI is InChI=1S/C18H20N4O4/c1-11(21-16-9-19-15(8-20-16)18(24)25)12-2-6-14(7-3-12)26-10-17(23)22-13-4-5-13/h2-3,6-9,11,13H,4-5,10H2,1H3,(H,20,21)(H,22,23)(H,24,25). The number of aromatic nitrogens is 2. The highest BCUT2D eigenvalue weighted by Crippen LogP contribution is 2.21. The Labute approximate surface area is 150 Å². The van der Waals surface area contributed by atoms with Gasteiger partial charge in [-0.2, -0.15) is 0 Å². The minimum absolute atomic E-state index is 0.00909. The Hall–Kier alpha value is -3.16. The molecule has 1 atom stereocenters. The number of hydrogen-bond acceptors (Lipinski definition) is 6. The lowest BCUT2D eigenvalue weighted by Crippen LogP contribution is -2.30. The number of anilines is 1. The van der Waals surface area contributed by atoms with Gasteiger partial charge in [0.1, 0.15) is 11.6 Å².